The number of carbonyl (C=O) groups excluding carboxylic acids is 1. The SMILES string of the molecule is Cc1cc(N)ccc1C(=O)Nc1cc(F)c(F)cc1F. The van der Waals surface area contributed by atoms with E-state index in [2.05, 4.69) is 5.32 Å². The van der Waals surface area contributed by atoms with Gasteiger partial charge in [0.05, 0.1) is 5.69 Å². The van der Waals surface area contributed by atoms with E-state index < -0.39 is 29.0 Å². The number of aryl methyl sites for hydroxylation is 1. The number of carbonyl (C=O) groups is 1. The summed E-state index contributed by atoms with van der Waals surface area (Å²) in [6.45, 7) is 1.66. The predicted molar refractivity (Wildman–Crippen MR) is 69.9 cm³/mol. The maximum Gasteiger partial charge on any atom is 0.256 e. The Labute approximate surface area is 113 Å². The van der Waals surface area contributed by atoms with Gasteiger partial charge in [-0.15, -0.1) is 0 Å². The van der Waals surface area contributed by atoms with Crippen LogP contribution in [0.1, 0.15) is 15.9 Å². The van der Waals surface area contributed by atoms with Gasteiger partial charge in [-0.1, -0.05) is 0 Å². The van der Waals surface area contributed by atoms with Crippen molar-refractivity contribution >= 4 is 17.3 Å². The summed E-state index contributed by atoms with van der Waals surface area (Å²) in [5, 5.41) is 2.19. The van der Waals surface area contributed by atoms with Gasteiger partial charge in [0.15, 0.2) is 11.6 Å². The minimum absolute atomic E-state index is 0.267. The van der Waals surface area contributed by atoms with Gasteiger partial charge in [-0.3, -0.25) is 4.79 Å². The number of amides is 1. The molecular formula is C14H11F3N2O. The molecule has 2 aromatic rings. The minimum atomic E-state index is -1.32. The van der Waals surface area contributed by atoms with Crippen LogP contribution in [0.15, 0.2) is 30.3 Å². The van der Waals surface area contributed by atoms with Crippen molar-refractivity contribution in [1.82, 2.24) is 0 Å². The fourth-order valence-electron chi connectivity index (χ4n) is 1.75. The van der Waals surface area contributed by atoms with Gasteiger partial charge in [0.2, 0.25) is 0 Å². The van der Waals surface area contributed by atoms with E-state index >= 15 is 0 Å². The first kappa shape index (κ1) is 13.9. The van der Waals surface area contributed by atoms with Crippen molar-refractivity contribution in [3.63, 3.8) is 0 Å². The Kier molecular flexibility index (Phi) is 3.65. The van der Waals surface area contributed by atoms with E-state index in [0.29, 0.717) is 23.4 Å². The van der Waals surface area contributed by atoms with Gasteiger partial charge >= 0.3 is 0 Å². The lowest BCUT2D eigenvalue weighted by Crippen LogP contribution is -2.15. The highest BCUT2D eigenvalue weighted by Gasteiger charge is 2.14. The molecule has 0 spiro atoms. The second kappa shape index (κ2) is 5.24. The van der Waals surface area contributed by atoms with Gasteiger partial charge in [0.25, 0.3) is 5.91 Å². The highest BCUT2D eigenvalue weighted by molar-refractivity contribution is 6.05. The zero-order valence-corrected chi connectivity index (χ0v) is 10.5. The zero-order valence-electron chi connectivity index (χ0n) is 10.5. The number of rotatable bonds is 2. The van der Waals surface area contributed by atoms with Crippen LogP contribution in [0.2, 0.25) is 0 Å². The molecule has 0 fully saturated rings. The van der Waals surface area contributed by atoms with Crippen LogP contribution in [-0.4, -0.2) is 5.91 Å². The van der Waals surface area contributed by atoms with E-state index in [9.17, 15) is 18.0 Å². The Balaban J connectivity index is 2.30. The summed E-state index contributed by atoms with van der Waals surface area (Å²) in [6.07, 6.45) is 0. The monoisotopic (exact) mass is 280 g/mol. The van der Waals surface area contributed by atoms with E-state index in [4.69, 9.17) is 5.73 Å². The molecule has 0 aliphatic rings. The quantitative estimate of drug-likeness (QED) is 0.655. The number of benzene rings is 2. The molecule has 20 heavy (non-hydrogen) atoms. The molecule has 0 aliphatic heterocycles. The molecule has 0 saturated carbocycles. The van der Waals surface area contributed by atoms with E-state index in [0.717, 1.165) is 0 Å². The molecule has 0 unspecified atom stereocenters. The number of hydrogen-bond acceptors (Lipinski definition) is 2. The van der Waals surface area contributed by atoms with Gasteiger partial charge in [0.1, 0.15) is 5.82 Å². The molecule has 2 rings (SSSR count). The lowest BCUT2D eigenvalue weighted by Gasteiger charge is -2.09. The molecule has 0 radical (unpaired) electrons. The number of nitrogens with one attached hydrogen (secondary N) is 1. The van der Waals surface area contributed by atoms with Gasteiger partial charge in [-0.05, 0) is 30.7 Å². The molecule has 0 saturated heterocycles. The fourth-order valence-corrected chi connectivity index (χ4v) is 1.75. The van der Waals surface area contributed by atoms with Crippen LogP contribution >= 0.6 is 0 Å². The Morgan fingerprint density at radius 1 is 1.05 bits per heavy atom. The maximum absolute atomic E-state index is 13.4. The van der Waals surface area contributed by atoms with E-state index in [1.54, 1.807) is 13.0 Å². The highest BCUT2D eigenvalue weighted by atomic mass is 19.2. The van der Waals surface area contributed by atoms with Crippen LogP contribution in [0, 0.1) is 24.4 Å². The molecule has 6 heteroatoms. The molecule has 0 heterocycles. The number of hydrogen-bond donors (Lipinski definition) is 2. The van der Waals surface area contributed by atoms with Crippen LogP contribution in [0.4, 0.5) is 24.5 Å². The third kappa shape index (κ3) is 2.74. The topological polar surface area (TPSA) is 55.1 Å². The Morgan fingerprint density at radius 3 is 2.35 bits per heavy atom. The molecule has 0 atom stereocenters. The van der Waals surface area contributed by atoms with Gasteiger partial charge in [0, 0.05) is 23.4 Å². The molecule has 104 valence electrons. The van der Waals surface area contributed by atoms with E-state index in [1.165, 1.54) is 12.1 Å². The van der Waals surface area contributed by atoms with Crippen LogP contribution in [0.5, 0.6) is 0 Å². The number of anilines is 2. The van der Waals surface area contributed by atoms with Gasteiger partial charge in [-0.25, -0.2) is 13.2 Å². The Bertz CT molecular complexity index is 686. The molecule has 1 amide bonds. The summed E-state index contributed by atoms with van der Waals surface area (Å²) >= 11 is 0. The average Bonchev–Trinajstić information content (AvgIpc) is 2.35. The van der Waals surface area contributed by atoms with Crippen molar-refractivity contribution in [3.05, 3.63) is 58.9 Å². The third-order valence-corrected chi connectivity index (χ3v) is 2.75. The lowest BCUT2D eigenvalue weighted by molar-refractivity contribution is 0.102. The third-order valence-electron chi connectivity index (χ3n) is 2.75. The number of halogens is 3. The summed E-state index contributed by atoms with van der Waals surface area (Å²) in [5.74, 6) is -4.24. The molecule has 2 aromatic carbocycles. The van der Waals surface area contributed by atoms with Gasteiger partial charge in [-0.2, -0.15) is 0 Å². The maximum atomic E-state index is 13.4. The molecule has 0 aliphatic carbocycles. The largest absolute Gasteiger partial charge is 0.399 e. The smallest absolute Gasteiger partial charge is 0.256 e. The molecule has 3 N–H and O–H groups in total. The molecule has 0 bridgehead atoms. The van der Waals surface area contributed by atoms with Crippen LogP contribution < -0.4 is 11.1 Å². The van der Waals surface area contributed by atoms with E-state index in [-0.39, 0.29) is 5.56 Å². The summed E-state index contributed by atoms with van der Waals surface area (Å²) in [7, 11) is 0. The minimum Gasteiger partial charge on any atom is -0.399 e. The first-order chi connectivity index (χ1) is 9.38. The highest BCUT2D eigenvalue weighted by Crippen LogP contribution is 2.20. The van der Waals surface area contributed by atoms with Crippen LogP contribution in [-0.2, 0) is 0 Å². The van der Waals surface area contributed by atoms with Gasteiger partial charge < -0.3 is 11.1 Å². The van der Waals surface area contributed by atoms with Crippen LogP contribution in [0.25, 0.3) is 0 Å². The van der Waals surface area contributed by atoms with Crippen molar-refractivity contribution in [1.29, 1.82) is 0 Å². The number of nitrogens with two attached hydrogens (primary N) is 1. The summed E-state index contributed by atoms with van der Waals surface area (Å²) in [5.41, 5.74) is 6.47. The predicted octanol–water partition coefficient (Wildman–Crippen LogP) is 3.25. The fraction of sp³-hybridized carbons (Fsp3) is 0.0714. The second-order valence-corrected chi connectivity index (χ2v) is 4.27. The standard InChI is InChI=1S/C14H11F3N2O/c1-7-4-8(18)2-3-9(7)14(20)19-13-6-11(16)10(15)5-12(13)17/h2-6H,18H2,1H3,(H,19,20). The summed E-state index contributed by atoms with van der Waals surface area (Å²) in [6, 6.07) is 5.54. The van der Waals surface area contributed by atoms with Crippen molar-refractivity contribution in [2.24, 2.45) is 0 Å². The Morgan fingerprint density at radius 2 is 1.70 bits per heavy atom. The van der Waals surface area contributed by atoms with E-state index in [1.807, 2.05) is 0 Å². The second-order valence-electron chi connectivity index (χ2n) is 4.27. The number of nitrogen functional groups attached to an aromatic ring is 1. The van der Waals surface area contributed by atoms with Crippen molar-refractivity contribution < 1.29 is 18.0 Å². The molecular weight excluding hydrogens is 269 g/mol. The summed E-state index contributed by atoms with van der Waals surface area (Å²) < 4.78 is 39.3. The lowest BCUT2D eigenvalue weighted by atomic mass is 10.1. The molecule has 3 nitrogen and oxygen atoms in total. The zero-order chi connectivity index (χ0) is 14.9. The normalized spacial score (nSPS) is 10.4. The first-order valence-electron chi connectivity index (χ1n) is 5.70. The molecule has 0 aromatic heterocycles. The summed E-state index contributed by atoms with van der Waals surface area (Å²) in [4.78, 5) is 12.0. The van der Waals surface area contributed by atoms with Crippen molar-refractivity contribution in [2.75, 3.05) is 11.1 Å². The van der Waals surface area contributed by atoms with Crippen molar-refractivity contribution in [3.8, 4) is 0 Å². The average molecular weight is 280 g/mol. The Hall–Kier alpha value is -2.50. The van der Waals surface area contributed by atoms with Crippen molar-refractivity contribution in [2.45, 2.75) is 6.92 Å². The first-order valence-corrected chi connectivity index (χ1v) is 5.70. The van der Waals surface area contributed by atoms with Crippen LogP contribution in [0.3, 0.4) is 0 Å².